The molecule has 2 rings (SSSR count). The first kappa shape index (κ1) is 6.46. The molecule has 3 nitrogen and oxygen atoms in total. The highest BCUT2D eigenvalue weighted by Crippen LogP contribution is 2.27. The number of aromatic nitrogens is 1. The maximum atomic E-state index is 5.44. The van der Waals surface area contributed by atoms with E-state index in [0.717, 1.165) is 5.75 Å². The van der Waals surface area contributed by atoms with Crippen LogP contribution in [0, 0.1) is 0 Å². The number of rotatable bonds is 0. The lowest BCUT2D eigenvalue weighted by atomic mass is 10.3. The Labute approximate surface area is 65.0 Å². The van der Waals surface area contributed by atoms with Crippen molar-refractivity contribution in [3.8, 4) is 11.6 Å². The lowest BCUT2D eigenvalue weighted by Crippen LogP contribution is -2.26. The van der Waals surface area contributed by atoms with Crippen LogP contribution in [0.5, 0.6) is 11.6 Å². The maximum absolute atomic E-state index is 5.44. The van der Waals surface area contributed by atoms with Gasteiger partial charge in [0.15, 0.2) is 5.75 Å². The Morgan fingerprint density at radius 2 is 2.55 bits per heavy atom. The molecule has 2 heterocycles. The van der Waals surface area contributed by atoms with Crippen LogP contribution in [0.3, 0.4) is 0 Å². The molecule has 0 N–H and O–H groups in total. The molecule has 0 aliphatic carbocycles. The molecule has 0 amide bonds. The highest BCUT2D eigenvalue weighted by molar-refractivity contribution is 5.33. The summed E-state index contributed by atoms with van der Waals surface area (Å²) in [6, 6.07) is 3.69. The van der Waals surface area contributed by atoms with Gasteiger partial charge in [-0.25, -0.2) is 4.98 Å². The van der Waals surface area contributed by atoms with Crippen molar-refractivity contribution in [2.75, 3.05) is 6.61 Å². The minimum Gasteiger partial charge on any atom is -0.481 e. The summed E-state index contributed by atoms with van der Waals surface area (Å²) in [4.78, 5) is 4.01. The molecule has 1 atom stereocenters. The van der Waals surface area contributed by atoms with Crippen molar-refractivity contribution >= 4 is 0 Å². The van der Waals surface area contributed by atoms with E-state index in [1.54, 1.807) is 6.20 Å². The summed E-state index contributed by atoms with van der Waals surface area (Å²) >= 11 is 0. The quantitative estimate of drug-likeness (QED) is 0.559. The van der Waals surface area contributed by atoms with Gasteiger partial charge in [0.25, 0.3) is 5.88 Å². The molecule has 0 radical (unpaired) electrons. The summed E-state index contributed by atoms with van der Waals surface area (Å²) in [5.74, 6) is 1.34. The predicted octanol–water partition coefficient (Wildman–Crippen LogP) is 1.24. The number of ether oxygens (including phenoxy) is 2. The first-order chi connectivity index (χ1) is 5.36. The summed E-state index contributed by atoms with van der Waals surface area (Å²) < 4.78 is 10.7. The molecule has 0 spiro atoms. The third-order valence-corrected chi connectivity index (χ3v) is 1.52. The third kappa shape index (κ3) is 1.13. The van der Waals surface area contributed by atoms with Crippen molar-refractivity contribution in [3.63, 3.8) is 0 Å². The zero-order chi connectivity index (χ0) is 7.68. The van der Waals surface area contributed by atoms with Crippen molar-refractivity contribution in [1.82, 2.24) is 4.98 Å². The Morgan fingerprint density at radius 3 is 3.45 bits per heavy atom. The third-order valence-electron chi connectivity index (χ3n) is 1.52. The standard InChI is InChI=1S/C8H9NO2/c1-6-5-10-8-7(11-6)3-2-4-9-8/h2-4,6H,5H2,1H3/t6-/m0/s1. The van der Waals surface area contributed by atoms with E-state index in [4.69, 9.17) is 9.47 Å². The Morgan fingerprint density at radius 1 is 1.64 bits per heavy atom. The molecule has 0 bridgehead atoms. The predicted molar refractivity (Wildman–Crippen MR) is 39.8 cm³/mol. The molecule has 0 saturated heterocycles. The molecule has 0 aromatic carbocycles. The summed E-state index contributed by atoms with van der Waals surface area (Å²) in [5, 5.41) is 0. The molecule has 1 aliphatic rings. The fourth-order valence-corrected chi connectivity index (χ4v) is 1.02. The molecule has 58 valence electrons. The average molecular weight is 151 g/mol. The van der Waals surface area contributed by atoms with Crippen molar-refractivity contribution in [1.29, 1.82) is 0 Å². The molecule has 11 heavy (non-hydrogen) atoms. The zero-order valence-electron chi connectivity index (χ0n) is 6.28. The van der Waals surface area contributed by atoms with E-state index >= 15 is 0 Å². The fraction of sp³-hybridized carbons (Fsp3) is 0.375. The molecule has 0 saturated carbocycles. The maximum Gasteiger partial charge on any atom is 0.257 e. The monoisotopic (exact) mass is 151 g/mol. The van der Waals surface area contributed by atoms with Crippen LogP contribution < -0.4 is 9.47 Å². The summed E-state index contributed by atoms with van der Waals surface area (Å²) in [5.41, 5.74) is 0. The second-order valence-corrected chi connectivity index (χ2v) is 2.55. The van der Waals surface area contributed by atoms with Crippen LogP contribution in [0.15, 0.2) is 18.3 Å². The smallest absolute Gasteiger partial charge is 0.257 e. The lowest BCUT2D eigenvalue weighted by molar-refractivity contribution is 0.0988. The minimum absolute atomic E-state index is 0.131. The number of nitrogens with zero attached hydrogens (tertiary/aromatic N) is 1. The second kappa shape index (κ2) is 2.42. The zero-order valence-corrected chi connectivity index (χ0v) is 6.28. The van der Waals surface area contributed by atoms with E-state index in [0.29, 0.717) is 12.5 Å². The van der Waals surface area contributed by atoms with E-state index in [2.05, 4.69) is 4.98 Å². The molecule has 0 fully saturated rings. The van der Waals surface area contributed by atoms with Crippen LogP contribution in [-0.4, -0.2) is 17.7 Å². The van der Waals surface area contributed by atoms with E-state index in [1.165, 1.54) is 0 Å². The Kier molecular flexibility index (Phi) is 1.42. The molecular formula is C8H9NO2. The normalized spacial score (nSPS) is 21.4. The van der Waals surface area contributed by atoms with Gasteiger partial charge in [-0.1, -0.05) is 0 Å². The van der Waals surface area contributed by atoms with Crippen LogP contribution in [0.4, 0.5) is 0 Å². The summed E-state index contributed by atoms with van der Waals surface area (Å²) in [6.45, 7) is 2.56. The number of hydrogen-bond donors (Lipinski definition) is 0. The van der Waals surface area contributed by atoms with Gasteiger partial charge in [0.05, 0.1) is 0 Å². The lowest BCUT2D eigenvalue weighted by Gasteiger charge is -2.22. The molecule has 1 aromatic rings. The van der Waals surface area contributed by atoms with Gasteiger partial charge in [0.1, 0.15) is 12.7 Å². The topological polar surface area (TPSA) is 31.4 Å². The largest absolute Gasteiger partial charge is 0.481 e. The van der Waals surface area contributed by atoms with Gasteiger partial charge in [-0.3, -0.25) is 0 Å². The highest BCUT2D eigenvalue weighted by atomic mass is 16.6. The average Bonchev–Trinajstić information content (AvgIpc) is 2.04. The van der Waals surface area contributed by atoms with Crippen LogP contribution in [0.1, 0.15) is 6.92 Å². The van der Waals surface area contributed by atoms with Crippen molar-refractivity contribution in [2.45, 2.75) is 13.0 Å². The molecule has 1 aromatic heterocycles. The van der Waals surface area contributed by atoms with Gasteiger partial charge in [-0.15, -0.1) is 0 Å². The first-order valence-electron chi connectivity index (χ1n) is 3.61. The van der Waals surface area contributed by atoms with Gasteiger partial charge in [0.2, 0.25) is 0 Å². The van der Waals surface area contributed by atoms with E-state index in [9.17, 15) is 0 Å². The summed E-state index contributed by atoms with van der Waals surface area (Å²) in [6.07, 6.45) is 1.82. The van der Waals surface area contributed by atoms with Gasteiger partial charge >= 0.3 is 0 Å². The SMILES string of the molecule is C[C@H]1COc2ncccc2O1. The Balaban J connectivity index is 2.34. The van der Waals surface area contributed by atoms with Crippen LogP contribution in [0.25, 0.3) is 0 Å². The second-order valence-electron chi connectivity index (χ2n) is 2.55. The van der Waals surface area contributed by atoms with Crippen molar-refractivity contribution < 1.29 is 9.47 Å². The van der Waals surface area contributed by atoms with Gasteiger partial charge in [-0.2, -0.15) is 0 Å². The highest BCUT2D eigenvalue weighted by Gasteiger charge is 2.16. The molecule has 1 aliphatic heterocycles. The summed E-state index contributed by atoms with van der Waals surface area (Å²) in [7, 11) is 0. The van der Waals surface area contributed by atoms with Crippen LogP contribution in [0.2, 0.25) is 0 Å². The van der Waals surface area contributed by atoms with Crippen molar-refractivity contribution in [2.24, 2.45) is 0 Å². The van der Waals surface area contributed by atoms with E-state index < -0.39 is 0 Å². The Hall–Kier alpha value is -1.25. The minimum atomic E-state index is 0.131. The van der Waals surface area contributed by atoms with Crippen LogP contribution >= 0.6 is 0 Å². The molecule has 3 heteroatoms. The molecule has 0 unspecified atom stereocenters. The van der Waals surface area contributed by atoms with Gasteiger partial charge in [0, 0.05) is 6.20 Å². The van der Waals surface area contributed by atoms with E-state index in [1.807, 2.05) is 19.1 Å². The number of hydrogen-bond acceptors (Lipinski definition) is 3. The number of pyridine rings is 1. The van der Waals surface area contributed by atoms with E-state index in [-0.39, 0.29) is 6.10 Å². The fourth-order valence-electron chi connectivity index (χ4n) is 1.02. The van der Waals surface area contributed by atoms with Gasteiger partial charge in [-0.05, 0) is 19.1 Å². The first-order valence-corrected chi connectivity index (χ1v) is 3.61. The number of fused-ring (bicyclic) bond motifs is 1. The van der Waals surface area contributed by atoms with Gasteiger partial charge < -0.3 is 9.47 Å². The Bertz CT molecular complexity index is 262. The molecular weight excluding hydrogens is 142 g/mol. The van der Waals surface area contributed by atoms with Crippen LogP contribution in [-0.2, 0) is 0 Å². The van der Waals surface area contributed by atoms with Crippen molar-refractivity contribution in [3.05, 3.63) is 18.3 Å².